The van der Waals surface area contributed by atoms with Crippen LogP contribution in [0.25, 0.3) is 11.0 Å². The Bertz CT molecular complexity index is 1040. The monoisotopic (exact) mass is 415 g/mol. The lowest BCUT2D eigenvalue weighted by molar-refractivity contribution is -0.138. The first kappa shape index (κ1) is 21.9. The van der Waals surface area contributed by atoms with E-state index in [0.29, 0.717) is 16.9 Å². The van der Waals surface area contributed by atoms with Crippen molar-refractivity contribution in [3.8, 4) is 5.75 Å². The molecule has 0 saturated heterocycles. The topological polar surface area (TPSA) is 94.8 Å². The van der Waals surface area contributed by atoms with Crippen molar-refractivity contribution in [2.45, 2.75) is 72.4 Å². The van der Waals surface area contributed by atoms with Crippen molar-refractivity contribution >= 4 is 23.0 Å². The summed E-state index contributed by atoms with van der Waals surface area (Å²) < 4.78 is 16.4. The van der Waals surface area contributed by atoms with Crippen molar-refractivity contribution in [1.29, 1.82) is 0 Å². The van der Waals surface area contributed by atoms with E-state index >= 15 is 0 Å². The van der Waals surface area contributed by atoms with Gasteiger partial charge in [-0.2, -0.15) is 0 Å². The standard InChI is InChI=1S/C23H29NO6/c1-12(2)18(24-22(27)30-23(4,5)6)21(26)28-17-11-10-15-14-8-7-9-16(14)20(25)29-19(15)13(17)3/h10-12,18H,7-9H2,1-6H3,(H,24,27). The van der Waals surface area contributed by atoms with E-state index in [1.807, 2.05) is 6.07 Å². The normalized spacial score (nSPS) is 14.5. The summed E-state index contributed by atoms with van der Waals surface area (Å²) in [5.74, 6) is -0.529. The second-order valence-corrected chi connectivity index (χ2v) is 9.05. The van der Waals surface area contributed by atoms with Gasteiger partial charge in [0.15, 0.2) is 0 Å². The minimum Gasteiger partial charge on any atom is -0.444 e. The minimum absolute atomic E-state index is 0.216. The van der Waals surface area contributed by atoms with Crippen LogP contribution >= 0.6 is 0 Å². The van der Waals surface area contributed by atoms with Gasteiger partial charge in [0.25, 0.3) is 0 Å². The molecule has 162 valence electrons. The molecule has 1 heterocycles. The third-order valence-electron chi connectivity index (χ3n) is 5.14. The van der Waals surface area contributed by atoms with Crippen LogP contribution in [0.15, 0.2) is 21.3 Å². The van der Waals surface area contributed by atoms with Crippen LogP contribution in [0.2, 0.25) is 0 Å². The van der Waals surface area contributed by atoms with Gasteiger partial charge in [-0.25, -0.2) is 14.4 Å². The van der Waals surface area contributed by atoms with Gasteiger partial charge in [-0.05, 0) is 70.6 Å². The van der Waals surface area contributed by atoms with Crippen molar-refractivity contribution in [3.05, 3.63) is 39.2 Å². The number of aryl methyl sites for hydroxylation is 2. The molecule has 0 aliphatic heterocycles. The van der Waals surface area contributed by atoms with Crippen LogP contribution in [-0.4, -0.2) is 23.7 Å². The van der Waals surface area contributed by atoms with Crippen molar-refractivity contribution in [3.63, 3.8) is 0 Å². The van der Waals surface area contributed by atoms with Gasteiger partial charge in [0, 0.05) is 16.5 Å². The van der Waals surface area contributed by atoms with E-state index in [-0.39, 0.29) is 11.5 Å². The van der Waals surface area contributed by atoms with Gasteiger partial charge >= 0.3 is 17.7 Å². The average Bonchev–Trinajstić information content (AvgIpc) is 3.11. The molecule has 1 atom stereocenters. The summed E-state index contributed by atoms with van der Waals surface area (Å²) in [4.78, 5) is 37.2. The molecule has 1 N–H and O–H groups in total. The Morgan fingerprint density at radius 2 is 1.80 bits per heavy atom. The van der Waals surface area contributed by atoms with Gasteiger partial charge < -0.3 is 19.2 Å². The van der Waals surface area contributed by atoms with Gasteiger partial charge in [0.1, 0.15) is 23.0 Å². The van der Waals surface area contributed by atoms with E-state index in [0.717, 1.165) is 35.8 Å². The van der Waals surface area contributed by atoms with Gasteiger partial charge in [0.2, 0.25) is 0 Å². The fourth-order valence-corrected chi connectivity index (χ4v) is 3.68. The molecule has 0 bridgehead atoms. The summed E-state index contributed by atoms with van der Waals surface area (Å²) in [6.45, 7) is 10.6. The molecule has 0 spiro atoms. The number of esters is 1. The fraction of sp³-hybridized carbons (Fsp3) is 0.522. The van der Waals surface area contributed by atoms with E-state index in [1.165, 1.54) is 0 Å². The van der Waals surface area contributed by atoms with Crippen LogP contribution < -0.4 is 15.7 Å². The lowest BCUT2D eigenvalue weighted by Crippen LogP contribution is -2.48. The van der Waals surface area contributed by atoms with Gasteiger partial charge in [-0.15, -0.1) is 0 Å². The van der Waals surface area contributed by atoms with Gasteiger partial charge in [-0.1, -0.05) is 13.8 Å². The summed E-state index contributed by atoms with van der Waals surface area (Å²) in [6.07, 6.45) is 1.82. The molecule has 3 rings (SSSR count). The van der Waals surface area contributed by atoms with Gasteiger partial charge in [-0.3, -0.25) is 0 Å². The maximum atomic E-state index is 12.8. The van der Waals surface area contributed by atoms with Crippen LogP contribution in [0.5, 0.6) is 5.75 Å². The third kappa shape index (κ3) is 4.50. The Labute approximate surface area is 175 Å². The van der Waals surface area contributed by atoms with E-state index in [9.17, 15) is 14.4 Å². The number of rotatable bonds is 4. The maximum absolute atomic E-state index is 12.8. The molecule has 1 unspecified atom stereocenters. The van der Waals surface area contributed by atoms with E-state index in [2.05, 4.69) is 5.32 Å². The molecular formula is C23H29NO6. The lowest BCUT2D eigenvalue weighted by Gasteiger charge is -2.24. The molecule has 1 aromatic heterocycles. The highest BCUT2D eigenvalue weighted by molar-refractivity contribution is 5.88. The van der Waals surface area contributed by atoms with E-state index in [4.69, 9.17) is 13.9 Å². The largest absolute Gasteiger partial charge is 0.444 e. The van der Waals surface area contributed by atoms with Crippen LogP contribution in [0.4, 0.5) is 4.79 Å². The van der Waals surface area contributed by atoms with E-state index < -0.39 is 23.7 Å². The highest BCUT2D eigenvalue weighted by Gasteiger charge is 2.29. The van der Waals surface area contributed by atoms with Crippen molar-refractivity contribution in [2.75, 3.05) is 0 Å². The molecule has 1 aliphatic carbocycles. The zero-order valence-electron chi connectivity index (χ0n) is 18.4. The first-order valence-electron chi connectivity index (χ1n) is 10.3. The first-order valence-corrected chi connectivity index (χ1v) is 10.3. The Kier molecular flexibility index (Phi) is 5.92. The summed E-state index contributed by atoms with van der Waals surface area (Å²) >= 11 is 0. The maximum Gasteiger partial charge on any atom is 0.408 e. The molecule has 1 aliphatic rings. The molecule has 2 aromatic rings. The molecule has 1 amide bonds. The van der Waals surface area contributed by atoms with Crippen LogP contribution in [-0.2, 0) is 22.4 Å². The number of fused-ring (bicyclic) bond motifs is 3. The molecule has 1 aromatic carbocycles. The smallest absolute Gasteiger partial charge is 0.408 e. The summed E-state index contributed by atoms with van der Waals surface area (Å²) in [6, 6.07) is 2.64. The summed E-state index contributed by atoms with van der Waals surface area (Å²) in [5, 5.41) is 3.46. The molecule has 30 heavy (non-hydrogen) atoms. The third-order valence-corrected chi connectivity index (χ3v) is 5.14. The Morgan fingerprint density at radius 1 is 1.13 bits per heavy atom. The molecule has 0 radical (unpaired) electrons. The van der Waals surface area contributed by atoms with Gasteiger partial charge in [0.05, 0.1) is 0 Å². The highest BCUT2D eigenvalue weighted by atomic mass is 16.6. The Hall–Kier alpha value is -2.83. The number of carbonyl (C=O) groups is 2. The second-order valence-electron chi connectivity index (χ2n) is 9.05. The molecule has 7 heteroatoms. The average molecular weight is 415 g/mol. The predicted octanol–water partition coefficient (Wildman–Crippen LogP) is 4.04. The van der Waals surface area contributed by atoms with Crippen molar-refractivity contribution < 1.29 is 23.5 Å². The summed E-state index contributed by atoms with van der Waals surface area (Å²) in [7, 11) is 0. The molecule has 0 fully saturated rings. The highest BCUT2D eigenvalue weighted by Crippen LogP contribution is 2.33. The number of benzene rings is 1. The number of ether oxygens (including phenoxy) is 2. The Balaban J connectivity index is 1.86. The second kappa shape index (κ2) is 8.13. The van der Waals surface area contributed by atoms with Crippen molar-refractivity contribution in [1.82, 2.24) is 5.32 Å². The molecule has 7 nitrogen and oxygen atoms in total. The minimum atomic E-state index is -0.887. The van der Waals surface area contributed by atoms with Crippen LogP contribution in [0, 0.1) is 12.8 Å². The summed E-state index contributed by atoms with van der Waals surface area (Å²) in [5.41, 5.74) is 1.78. The fourth-order valence-electron chi connectivity index (χ4n) is 3.68. The zero-order chi connectivity index (χ0) is 22.2. The number of amides is 1. The zero-order valence-corrected chi connectivity index (χ0v) is 18.4. The lowest BCUT2D eigenvalue weighted by atomic mass is 10.0. The Morgan fingerprint density at radius 3 is 2.43 bits per heavy atom. The number of hydrogen-bond acceptors (Lipinski definition) is 6. The SMILES string of the molecule is Cc1c(OC(=O)C(NC(=O)OC(C)(C)C)C(C)C)ccc2c3c(c(=O)oc12)CCC3. The number of hydrogen-bond donors (Lipinski definition) is 1. The predicted molar refractivity (Wildman–Crippen MR) is 113 cm³/mol. The molecular weight excluding hydrogens is 386 g/mol. The number of alkyl carbamates (subject to hydrolysis) is 1. The van der Waals surface area contributed by atoms with Crippen molar-refractivity contribution in [2.24, 2.45) is 5.92 Å². The molecule has 0 saturated carbocycles. The van der Waals surface area contributed by atoms with E-state index in [1.54, 1.807) is 47.6 Å². The first-order chi connectivity index (χ1) is 14.0. The number of carbonyl (C=O) groups excluding carboxylic acids is 2. The number of nitrogens with one attached hydrogen (secondary N) is 1. The quantitative estimate of drug-likeness (QED) is 0.460. The van der Waals surface area contributed by atoms with Crippen LogP contribution in [0.1, 0.15) is 57.7 Å². The van der Waals surface area contributed by atoms with Crippen LogP contribution in [0.3, 0.4) is 0 Å².